The predicted molar refractivity (Wildman–Crippen MR) is 70.3 cm³/mol. The van der Waals surface area contributed by atoms with E-state index in [1.807, 2.05) is 0 Å². The highest BCUT2D eigenvalue weighted by atomic mass is 35.5. The first-order chi connectivity index (χ1) is 8.61. The van der Waals surface area contributed by atoms with Crippen molar-refractivity contribution in [2.45, 2.75) is 13.3 Å². The van der Waals surface area contributed by atoms with Gasteiger partial charge < -0.3 is 5.32 Å². The summed E-state index contributed by atoms with van der Waals surface area (Å²) in [6.07, 6.45) is 3.40. The van der Waals surface area contributed by atoms with E-state index in [0.29, 0.717) is 28.1 Å². The van der Waals surface area contributed by atoms with Crippen LogP contribution in [0.1, 0.15) is 13.3 Å². The first kappa shape index (κ1) is 12.9. The van der Waals surface area contributed by atoms with Crippen LogP contribution >= 0.6 is 23.2 Å². The van der Waals surface area contributed by atoms with E-state index >= 15 is 0 Å². The van der Waals surface area contributed by atoms with Crippen molar-refractivity contribution in [3.05, 3.63) is 34.6 Å². The van der Waals surface area contributed by atoms with Gasteiger partial charge in [-0.2, -0.15) is 9.78 Å². The number of carbonyl (C=O) groups is 1. The Morgan fingerprint density at radius 1 is 1.50 bits per heavy atom. The van der Waals surface area contributed by atoms with Gasteiger partial charge in [-0.15, -0.1) is 0 Å². The SMILES string of the molecule is CCC(=O)Nc1ccnn1-c1ncc(Cl)cc1Cl. The first-order valence-corrected chi connectivity index (χ1v) is 6.02. The highest BCUT2D eigenvalue weighted by molar-refractivity contribution is 6.35. The second kappa shape index (κ2) is 5.37. The number of nitrogens with one attached hydrogen (secondary N) is 1. The highest BCUT2D eigenvalue weighted by Crippen LogP contribution is 2.23. The maximum absolute atomic E-state index is 11.4. The molecule has 0 unspecified atom stereocenters. The van der Waals surface area contributed by atoms with Crippen molar-refractivity contribution in [3.8, 4) is 5.82 Å². The van der Waals surface area contributed by atoms with Crippen molar-refractivity contribution in [1.29, 1.82) is 0 Å². The lowest BCUT2D eigenvalue weighted by Crippen LogP contribution is -2.14. The maximum Gasteiger partial charge on any atom is 0.225 e. The molecule has 2 rings (SSSR count). The minimum atomic E-state index is -0.109. The molecule has 1 N–H and O–H groups in total. The van der Waals surface area contributed by atoms with Crippen LogP contribution in [0.3, 0.4) is 0 Å². The third kappa shape index (κ3) is 2.63. The lowest BCUT2D eigenvalue weighted by atomic mass is 10.4. The number of amides is 1. The van der Waals surface area contributed by atoms with E-state index in [-0.39, 0.29) is 5.91 Å². The standard InChI is InChI=1S/C11H10Cl2N4O/c1-2-10(18)16-9-3-4-15-17(9)11-8(13)5-7(12)6-14-11/h3-6H,2H2,1H3,(H,16,18). The van der Waals surface area contributed by atoms with Gasteiger partial charge in [0, 0.05) is 18.7 Å². The minimum absolute atomic E-state index is 0.109. The molecule has 0 fully saturated rings. The van der Waals surface area contributed by atoms with E-state index in [4.69, 9.17) is 23.2 Å². The number of nitrogens with zero attached hydrogens (tertiary/aromatic N) is 3. The van der Waals surface area contributed by atoms with Gasteiger partial charge in [0.25, 0.3) is 0 Å². The smallest absolute Gasteiger partial charge is 0.225 e. The Bertz CT molecular complexity index is 582. The Morgan fingerprint density at radius 3 is 2.94 bits per heavy atom. The second-order valence-corrected chi connectivity index (χ2v) is 4.33. The largest absolute Gasteiger partial charge is 0.311 e. The summed E-state index contributed by atoms with van der Waals surface area (Å²) in [5.41, 5.74) is 0. The molecule has 0 aliphatic heterocycles. The van der Waals surface area contributed by atoms with Crippen molar-refractivity contribution in [2.24, 2.45) is 0 Å². The van der Waals surface area contributed by atoms with Gasteiger partial charge in [-0.1, -0.05) is 30.1 Å². The van der Waals surface area contributed by atoms with E-state index in [9.17, 15) is 4.79 Å². The third-order valence-corrected chi connectivity index (χ3v) is 2.71. The molecule has 0 radical (unpaired) electrons. The molecule has 0 saturated carbocycles. The van der Waals surface area contributed by atoms with E-state index < -0.39 is 0 Å². The average Bonchev–Trinajstić information content (AvgIpc) is 2.77. The lowest BCUT2D eigenvalue weighted by molar-refractivity contribution is -0.115. The zero-order chi connectivity index (χ0) is 13.1. The van der Waals surface area contributed by atoms with E-state index in [0.717, 1.165) is 0 Å². The molecule has 94 valence electrons. The van der Waals surface area contributed by atoms with Crippen LogP contribution in [0, 0.1) is 0 Å². The normalized spacial score (nSPS) is 10.4. The molecule has 0 bridgehead atoms. The van der Waals surface area contributed by atoms with Crippen molar-refractivity contribution in [1.82, 2.24) is 14.8 Å². The van der Waals surface area contributed by atoms with Crippen LogP contribution in [0.25, 0.3) is 5.82 Å². The monoisotopic (exact) mass is 284 g/mol. The summed E-state index contributed by atoms with van der Waals surface area (Å²) in [5, 5.41) is 7.59. The zero-order valence-corrected chi connectivity index (χ0v) is 11.0. The molecule has 2 heterocycles. The van der Waals surface area contributed by atoms with Crippen LogP contribution < -0.4 is 5.32 Å². The third-order valence-electron chi connectivity index (χ3n) is 2.22. The Morgan fingerprint density at radius 2 is 2.28 bits per heavy atom. The summed E-state index contributed by atoms with van der Waals surface area (Å²) < 4.78 is 1.45. The molecule has 2 aromatic rings. The summed E-state index contributed by atoms with van der Waals surface area (Å²) in [5.74, 6) is 0.817. The molecule has 18 heavy (non-hydrogen) atoms. The number of hydrogen-bond acceptors (Lipinski definition) is 3. The fraction of sp³-hybridized carbons (Fsp3) is 0.182. The molecule has 0 aliphatic rings. The van der Waals surface area contributed by atoms with Gasteiger partial charge in [0.15, 0.2) is 5.82 Å². The molecule has 0 spiro atoms. The molecular weight excluding hydrogens is 275 g/mol. The number of pyridine rings is 1. The Labute approximate surface area is 114 Å². The number of hydrogen-bond donors (Lipinski definition) is 1. The van der Waals surface area contributed by atoms with Gasteiger partial charge in [-0.05, 0) is 6.07 Å². The number of rotatable bonds is 3. The maximum atomic E-state index is 11.4. The van der Waals surface area contributed by atoms with Gasteiger partial charge in [-0.3, -0.25) is 4.79 Å². The highest BCUT2D eigenvalue weighted by Gasteiger charge is 2.12. The molecular formula is C11H10Cl2N4O. The minimum Gasteiger partial charge on any atom is -0.311 e. The molecule has 0 atom stereocenters. The fourth-order valence-corrected chi connectivity index (χ4v) is 1.82. The number of aromatic nitrogens is 3. The Kier molecular flexibility index (Phi) is 3.84. The van der Waals surface area contributed by atoms with Crippen LogP contribution in [-0.4, -0.2) is 20.7 Å². The van der Waals surface area contributed by atoms with Crippen molar-refractivity contribution in [3.63, 3.8) is 0 Å². The molecule has 7 heteroatoms. The number of carbonyl (C=O) groups excluding carboxylic acids is 1. The van der Waals surface area contributed by atoms with Crippen LogP contribution in [0.4, 0.5) is 5.82 Å². The molecule has 0 aliphatic carbocycles. The predicted octanol–water partition coefficient (Wildman–Crippen LogP) is 2.92. The van der Waals surface area contributed by atoms with Gasteiger partial charge in [-0.25, -0.2) is 4.98 Å². The summed E-state index contributed by atoms with van der Waals surface area (Å²) in [7, 11) is 0. The van der Waals surface area contributed by atoms with Crippen LogP contribution in [0.5, 0.6) is 0 Å². The summed E-state index contributed by atoms with van der Waals surface area (Å²) in [4.78, 5) is 15.5. The number of halogens is 2. The average molecular weight is 285 g/mol. The quantitative estimate of drug-likeness (QED) is 0.943. The Balaban J connectivity index is 2.39. The van der Waals surface area contributed by atoms with E-state index in [2.05, 4.69) is 15.4 Å². The molecule has 1 amide bonds. The molecule has 0 saturated heterocycles. The molecule has 2 aromatic heterocycles. The van der Waals surface area contributed by atoms with Gasteiger partial charge >= 0.3 is 0 Å². The van der Waals surface area contributed by atoms with Gasteiger partial charge in [0.1, 0.15) is 5.82 Å². The first-order valence-electron chi connectivity index (χ1n) is 5.27. The van der Waals surface area contributed by atoms with Gasteiger partial charge in [0.05, 0.1) is 16.2 Å². The van der Waals surface area contributed by atoms with E-state index in [1.54, 1.807) is 25.3 Å². The fourth-order valence-electron chi connectivity index (χ4n) is 1.36. The summed E-state index contributed by atoms with van der Waals surface area (Å²) >= 11 is 11.8. The van der Waals surface area contributed by atoms with Crippen molar-refractivity contribution >= 4 is 34.9 Å². The van der Waals surface area contributed by atoms with Crippen molar-refractivity contribution < 1.29 is 4.79 Å². The topological polar surface area (TPSA) is 59.8 Å². The van der Waals surface area contributed by atoms with Crippen LogP contribution in [0.15, 0.2) is 24.5 Å². The lowest BCUT2D eigenvalue weighted by Gasteiger charge is -2.08. The molecule has 0 aromatic carbocycles. The summed E-state index contributed by atoms with van der Waals surface area (Å²) in [6, 6.07) is 3.23. The summed E-state index contributed by atoms with van der Waals surface area (Å²) in [6.45, 7) is 1.77. The molecule has 5 nitrogen and oxygen atoms in total. The zero-order valence-electron chi connectivity index (χ0n) is 9.52. The van der Waals surface area contributed by atoms with Crippen LogP contribution in [-0.2, 0) is 4.79 Å². The Hall–Kier alpha value is -1.59. The van der Waals surface area contributed by atoms with Gasteiger partial charge in [0.2, 0.25) is 5.91 Å². The number of anilines is 1. The van der Waals surface area contributed by atoms with Crippen LogP contribution in [0.2, 0.25) is 10.0 Å². The van der Waals surface area contributed by atoms with Crippen molar-refractivity contribution in [2.75, 3.05) is 5.32 Å². The second-order valence-electron chi connectivity index (χ2n) is 3.49. The van der Waals surface area contributed by atoms with E-state index in [1.165, 1.54) is 10.9 Å².